The second-order valence-corrected chi connectivity index (χ2v) is 3.10. The van der Waals surface area contributed by atoms with E-state index in [1.54, 1.807) is 0 Å². The lowest BCUT2D eigenvalue weighted by Crippen LogP contribution is -2.51. The molecule has 0 atom stereocenters. The van der Waals surface area contributed by atoms with E-state index in [4.69, 9.17) is 0 Å². The van der Waals surface area contributed by atoms with E-state index in [2.05, 4.69) is 10.6 Å². The SMILES string of the molecule is Fc1cccc(NC2CNC2)c1F. The molecule has 0 aliphatic carbocycles. The van der Waals surface area contributed by atoms with Gasteiger partial charge in [-0.15, -0.1) is 0 Å². The van der Waals surface area contributed by atoms with Crippen LogP contribution < -0.4 is 10.6 Å². The Labute approximate surface area is 75.0 Å². The maximum Gasteiger partial charge on any atom is 0.181 e. The lowest BCUT2D eigenvalue weighted by molar-refractivity contribution is 0.464. The Bertz CT molecular complexity index is 310. The van der Waals surface area contributed by atoms with Gasteiger partial charge < -0.3 is 10.6 Å². The fraction of sp³-hybridized carbons (Fsp3) is 0.333. The summed E-state index contributed by atoms with van der Waals surface area (Å²) in [6.07, 6.45) is 0. The molecule has 1 aromatic carbocycles. The molecule has 1 fully saturated rings. The molecule has 1 aliphatic rings. The van der Waals surface area contributed by atoms with Gasteiger partial charge in [0, 0.05) is 13.1 Å². The van der Waals surface area contributed by atoms with Crippen LogP contribution in [0.2, 0.25) is 0 Å². The number of rotatable bonds is 2. The topological polar surface area (TPSA) is 24.1 Å². The van der Waals surface area contributed by atoms with Crippen LogP contribution in [0.5, 0.6) is 0 Å². The maximum absolute atomic E-state index is 13.1. The monoisotopic (exact) mass is 184 g/mol. The minimum Gasteiger partial charge on any atom is -0.377 e. The number of hydrogen-bond acceptors (Lipinski definition) is 2. The summed E-state index contributed by atoms with van der Waals surface area (Å²) in [5.41, 5.74) is 0.242. The van der Waals surface area contributed by atoms with Crippen molar-refractivity contribution >= 4 is 5.69 Å². The van der Waals surface area contributed by atoms with Crippen LogP contribution in [0.1, 0.15) is 0 Å². The Hall–Kier alpha value is -1.16. The van der Waals surface area contributed by atoms with Gasteiger partial charge in [0.2, 0.25) is 0 Å². The van der Waals surface area contributed by atoms with Crippen LogP contribution in [0.4, 0.5) is 14.5 Å². The molecule has 70 valence electrons. The van der Waals surface area contributed by atoms with Crippen LogP contribution in [-0.2, 0) is 0 Å². The van der Waals surface area contributed by atoms with Gasteiger partial charge in [0.25, 0.3) is 0 Å². The van der Waals surface area contributed by atoms with Crippen molar-refractivity contribution in [2.75, 3.05) is 18.4 Å². The van der Waals surface area contributed by atoms with E-state index in [1.165, 1.54) is 12.1 Å². The van der Waals surface area contributed by atoms with Gasteiger partial charge in [0.15, 0.2) is 11.6 Å². The first-order valence-electron chi connectivity index (χ1n) is 4.18. The molecule has 2 nitrogen and oxygen atoms in total. The van der Waals surface area contributed by atoms with E-state index in [0.717, 1.165) is 19.2 Å². The largest absolute Gasteiger partial charge is 0.377 e. The minimum absolute atomic E-state index is 0.219. The van der Waals surface area contributed by atoms with Gasteiger partial charge in [-0.3, -0.25) is 0 Å². The molecule has 2 rings (SSSR count). The van der Waals surface area contributed by atoms with Crippen molar-refractivity contribution in [2.24, 2.45) is 0 Å². The van der Waals surface area contributed by atoms with Crippen LogP contribution in [0, 0.1) is 11.6 Å². The summed E-state index contributed by atoms with van der Waals surface area (Å²) in [6, 6.07) is 4.36. The highest BCUT2D eigenvalue weighted by Gasteiger charge is 2.18. The number of anilines is 1. The second kappa shape index (κ2) is 3.30. The first-order chi connectivity index (χ1) is 6.27. The first-order valence-corrected chi connectivity index (χ1v) is 4.18. The van der Waals surface area contributed by atoms with Crippen molar-refractivity contribution in [3.8, 4) is 0 Å². The predicted molar refractivity (Wildman–Crippen MR) is 46.6 cm³/mol. The van der Waals surface area contributed by atoms with Crippen LogP contribution in [0.3, 0.4) is 0 Å². The molecule has 0 bridgehead atoms. The number of nitrogens with one attached hydrogen (secondary N) is 2. The molecule has 13 heavy (non-hydrogen) atoms. The fourth-order valence-corrected chi connectivity index (χ4v) is 1.23. The lowest BCUT2D eigenvalue weighted by atomic mass is 10.1. The summed E-state index contributed by atoms with van der Waals surface area (Å²) in [7, 11) is 0. The van der Waals surface area contributed by atoms with Crippen molar-refractivity contribution in [1.29, 1.82) is 0 Å². The summed E-state index contributed by atoms with van der Waals surface area (Å²) in [6.45, 7) is 1.60. The normalized spacial score (nSPS) is 16.8. The summed E-state index contributed by atoms with van der Waals surface area (Å²) in [5.74, 6) is -1.60. The van der Waals surface area contributed by atoms with Gasteiger partial charge in [-0.1, -0.05) is 6.07 Å². The van der Waals surface area contributed by atoms with Crippen LogP contribution in [0.15, 0.2) is 18.2 Å². The molecule has 0 spiro atoms. The van der Waals surface area contributed by atoms with Crippen molar-refractivity contribution in [2.45, 2.75) is 6.04 Å². The van der Waals surface area contributed by atoms with Crippen LogP contribution in [-0.4, -0.2) is 19.1 Å². The third kappa shape index (κ3) is 1.62. The summed E-state index contributed by atoms with van der Waals surface area (Å²) in [5, 5.41) is 5.95. The molecular formula is C9H10F2N2. The van der Waals surface area contributed by atoms with Crippen molar-refractivity contribution in [3.05, 3.63) is 29.8 Å². The lowest BCUT2D eigenvalue weighted by Gasteiger charge is -2.29. The van der Waals surface area contributed by atoms with Crippen molar-refractivity contribution in [3.63, 3.8) is 0 Å². The number of benzene rings is 1. The molecule has 1 aromatic rings. The van der Waals surface area contributed by atoms with E-state index < -0.39 is 11.6 Å². The molecule has 0 radical (unpaired) electrons. The summed E-state index contributed by atoms with van der Waals surface area (Å²) < 4.78 is 25.8. The van der Waals surface area contributed by atoms with Gasteiger partial charge >= 0.3 is 0 Å². The molecular weight excluding hydrogens is 174 g/mol. The van der Waals surface area contributed by atoms with E-state index in [-0.39, 0.29) is 11.7 Å². The molecule has 0 saturated carbocycles. The highest BCUT2D eigenvalue weighted by molar-refractivity contribution is 5.46. The van der Waals surface area contributed by atoms with Gasteiger partial charge in [-0.2, -0.15) is 0 Å². The molecule has 1 heterocycles. The van der Waals surface area contributed by atoms with Gasteiger partial charge in [-0.05, 0) is 12.1 Å². The van der Waals surface area contributed by atoms with E-state index in [9.17, 15) is 8.78 Å². The van der Waals surface area contributed by atoms with E-state index in [0.29, 0.717) is 0 Å². The Balaban J connectivity index is 2.14. The summed E-state index contributed by atoms with van der Waals surface area (Å²) in [4.78, 5) is 0. The quantitative estimate of drug-likeness (QED) is 0.725. The Morgan fingerprint density at radius 3 is 2.69 bits per heavy atom. The zero-order chi connectivity index (χ0) is 9.26. The minimum atomic E-state index is -0.808. The van der Waals surface area contributed by atoms with Gasteiger partial charge in [0.1, 0.15) is 0 Å². The standard InChI is InChI=1S/C9H10F2N2/c10-7-2-1-3-8(9(7)11)13-6-4-12-5-6/h1-3,6,12-13H,4-5H2. The van der Waals surface area contributed by atoms with Gasteiger partial charge in [0.05, 0.1) is 11.7 Å². The van der Waals surface area contributed by atoms with Crippen LogP contribution in [0.25, 0.3) is 0 Å². The molecule has 2 N–H and O–H groups in total. The Morgan fingerprint density at radius 2 is 2.08 bits per heavy atom. The maximum atomic E-state index is 13.1. The molecule has 1 aliphatic heterocycles. The average Bonchev–Trinajstić information content (AvgIpc) is 2.04. The Kier molecular flexibility index (Phi) is 2.14. The third-order valence-electron chi connectivity index (χ3n) is 2.09. The molecule has 1 saturated heterocycles. The predicted octanol–water partition coefficient (Wildman–Crippen LogP) is 1.35. The first kappa shape index (κ1) is 8.44. The number of halogens is 2. The fourth-order valence-electron chi connectivity index (χ4n) is 1.23. The second-order valence-electron chi connectivity index (χ2n) is 3.10. The molecule has 0 amide bonds. The zero-order valence-electron chi connectivity index (χ0n) is 6.98. The molecule has 0 aromatic heterocycles. The highest BCUT2D eigenvalue weighted by atomic mass is 19.2. The summed E-state index contributed by atoms with van der Waals surface area (Å²) >= 11 is 0. The number of hydrogen-bond donors (Lipinski definition) is 2. The highest BCUT2D eigenvalue weighted by Crippen LogP contribution is 2.17. The van der Waals surface area contributed by atoms with Crippen molar-refractivity contribution < 1.29 is 8.78 Å². The smallest absolute Gasteiger partial charge is 0.181 e. The average molecular weight is 184 g/mol. The zero-order valence-corrected chi connectivity index (χ0v) is 6.98. The Morgan fingerprint density at radius 1 is 1.31 bits per heavy atom. The third-order valence-corrected chi connectivity index (χ3v) is 2.09. The van der Waals surface area contributed by atoms with E-state index in [1.807, 2.05) is 0 Å². The van der Waals surface area contributed by atoms with Gasteiger partial charge in [-0.25, -0.2) is 8.78 Å². The van der Waals surface area contributed by atoms with Crippen LogP contribution >= 0.6 is 0 Å². The van der Waals surface area contributed by atoms with Crippen molar-refractivity contribution in [1.82, 2.24) is 5.32 Å². The molecule has 4 heteroatoms. The van der Waals surface area contributed by atoms with E-state index >= 15 is 0 Å². The molecule has 0 unspecified atom stereocenters.